The fourth-order valence-corrected chi connectivity index (χ4v) is 3.28. The molecule has 20 heavy (non-hydrogen) atoms. The number of likely N-dealkylation sites (tertiary alicyclic amines) is 1. The van der Waals surface area contributed by atoms with Crippen LogP contribution in [0.5, 0.6) is 0 Å². The van der Waals surface area contributed by atoms with Gasteiger partial charge in [0.1, 0.15) is 0 Å². The summed E-state index contributed by atoms with van der Waals surface area (Å²) in [4.78, 5) is 26.9. The van der Waals surface area contributed by atoms with E-state index in [0.717, 1.165) is 19.4 Å². The number of likely N-dealkylation sites (N-methyl/N-ethyl adjacent to an activating group) is 1. The highest BCUT2D eigenvalue weighted by Crippen LogP contribution is 2.34. The topological polar surface area (TPSA) is 40.6 Å². The normalized spacial score (nSPS) is 21.9. The SMILES string of the molecule is CN(CCN1C(=O)CCC1=O)[C@@H]1CCc2ccccc21. The molecule has 1 saturated heterocycles. The Hall–Kier alpha value is -1.68. The number of carbonyl (C=O) groups is 2. The minimum atomic E-state index is -0.0183. The number of hydrogen-bond acceptors (Lipinski definition) is 3. The van der Waals surface area contributed by atoms with Crippen LogP contribution in [0.4, 0.5) is 0 Å². The van der Waals surface area contributed by atoms with Gasteiger partial charge >= 0.3 is 0 Å². The van der Waals surface area contributed by atoms with Crippen molar-refractivity contribution in [3.05, 3.63) is 35.4 Å². The third-order valence-electron chi connectivity index (χ3n) is 4.46. The van der Waals surface area contributed by atoms with Crippen molar-refractivity contribution in [3.8, 4) is 0 Å². The summed E-state index contributed by atoms with van der Waals surface area (Å²) in [5.41, 5.74) is 2.83. The molecule has 106 valence electrons. The fourth-order valence-electron chi connectivity index (χ4n) is 3.28. The molecule has 2 amide bonds. The minimum absolute atomic E-state index is 0.0183. The smallest absolute Gasteiger partial charge is 0.229 e. The van der Waals surface area contributed by atoms with E-state index in [2.05, 4.69) is 36.2 Å². The number of rotatable bonds is 4. The van der Waals surface area contributed by atoms with Crippen LogP contribution in [0.15, 0.2) is 24.3 Å². The summed E-state index contributed by atoms with van der Waals surface area (Å²) in [6.45, 7) is 1.27. The number of nitrogens with zero attached hydrogens (tertiary/aromatic N) is 2. The number of carbonyl (C=O) groups excluding carboxylic acids is 2. The van der Waals surface area contributed by atoms with Crippen molar-refractivity contribution in [2.75, 3.05) is 20.1 Å². The average molecular weight is 272 g/mol. The molecule has 0 N–H and O–H groups in total. The molecular formula is C16H20N2O2. The lowest BCUT2D eigenvalue weighted by atomic mass is 10.1. The zero-order valence-electron chi connectivity index (χ0n) is 11.8. The maximum absolute atomic E-state index is 11.6. The first kappa shape index (κ1) is 13.3. The number of fused-ring (bicyclic) bond motifs is 1. The van der Waals surface area contributed by atoms with Crippen molar-refractivity contribution >= 4 is 11.8 Å². The Morgan fingerprint density at radius 3 is 2.60 bits per heavy atom. The molecule has 1 atom stereocenters. The zero-order valence-corrected chi connectivity index (χ0v) is 11.8. The zero-order chi connectivity index (χ0) is 14.1. The van der Waals surface area contributed by atoms with Gasteiger partial charge in [-0.05, 0) is 31.0 Å². The van der Waals surface area contributed by atoms with E-state index in [9.17, 15) is 9.59 Å². The summed E-state index contributed by atoms with van der Waals surface area (Å²) in [5.74, 6) is -0.0366. The molecule has 1 fully saturated rings. The Bertz CT molecular complexity index is 525. The molecule has 0 saturated carbocycles. The van der Waals surface area contributed by atoms with Gasteiger partial charge < -0.3 is 0 Å². The first-order valence-electron chi connectivity index (χ1n) is 7.28. The van der Waals surface area contributed by atoms with Gasteiger partial charge in [-0.15, -0.1) is 0 Å². The Morgan fingerprint density at radius 2 is 1.85 bits per heavy atom. The largest absolute Gasteiger partial charge is 0.298 e. The number of imide groups is 1. The Kier molecular flexibility index (Phi) is 3.57. The predicted molar refractivity (Wildman–Crippen MR) is 76.1 cm³/mol. The van der Waals surface area contributed by atoms with Crippen LogP contribution in [0.1, 0.15) is 36.4 Å². The van der Waals surface area contributed by atoms with E-state index in [0.29, 0.717) is 25.4 Å². The molecule has 4 nitrogen and oxygen atoms in total. The molecule has 2 aliphatic rings. The molecule has 1 aromatic carbocycles. The van der Waals surface area contributed by atoms with Crippen LogP contribution in [-0.2, 0) is 16.0 Å². The number of amides is 2. The van der Waals surface area contributed by atoms with Gasteiger partial charge in [-0.25, -0.2) is 0 Å². The molecule has 0 radical (unpaired) electrons. The highest BCUT2D eigenvalue weighted by molar-refractivity contribution is 6.01. The van der Waals surface area contributed by atoms with Crippen molar-refractivity contribution in [1.82, 2.24) is 9.80 Å². The second-order valence-corrected chi connectivity index (χ2v) is 5.67. The van der Waals surface area contributed by atoms with E-state index < -0.39 is 0 Å². The Labute approximate surface area is 119 Å². The van der Waals surface area contributed by atoms with Gasteiger partial charge in [0.25, 0.3) is 0 Å². The first-order chi connectivity index (χ1) is 9.66. The van der Waals surface area contributed by atoms with Crippen LogP contribution in [0.2, 0.25) is 0 Å². The summed E-state index contributed by atoms with van der Waals surface area (Å²) >= 11 is 0. The molecule has 1 heterocycles. The third kappa shape index (κ3) is 2.36. The lowest BCUT2D eigenvalue weighted by molar-refractivity contribution is -0.138. The van der Waals surface area contributed by atoms with Gasteiger partial charge in [0.2, 0.25) is 11.8 Å². The summed E-state index contributed by atoms with van der Waals surface area (Å²) in [6, 6.07) is 8.97. The lowest BCUT2D eigenvalue weighted by Crippen LogP contribution is -2.37. The van der Waals surface area contributed by atoms with Crippen LogP contribution in [0.3, 0.4) is 0 Å². The highest BCUT2D eigenvalue weighted by Gasteiger charge is 2.30. The van der Waals surface area contributed by atoms with Crippen molar-refractivity contribution < 1.29 is 9.59 Å². The van der Waals surface area contributed by atoms with Gasteiger partial charge in [-0.1, -0.05) is 24.3 Å². The van der Waals surface area contributed by atoms with Gasteiger partial charge in [-0.3, -0.25) is 19.4 Å². The quantitative estimate of drug-likeness (QED) is 0.784. The minimum Gasteiger partial charge on any atom is -0.298 e. The van der Waals surface area contributed by atoms with Gasteiger partial charge in [0, 0.05) is 32.0 Å². The van der Waals surface area contributed by atoms with Gasteiger partial charge in [0.05, 0.1) is 0 Å². The maximum Gasteiger partial charge on any atom is 0.229 e. The molecule has 0 spiro atoms. The van der Waals surface area contributed by atoms with Crippen LogP contribution in [0, 0.1) is 0 Å². The van der Waals surface area contributed by atoms with E-state index in [-0.39, 0.29) is 11.8 Å². The van der Waals surface area contributed by atoms with Crippen LogP contribution < -0.4 is 0 Å². The van der Waals surface area contributed by atoms with E-state index in [1.807, 2.05) is 0 Å². The summed E-state index contributed by atoms with van der Waals surface area (Å²) < 4.78 is 0. The number of aryl methyl sites for hydroxylation is 1. The van der Waals surface area contributed by atoms with Crippen molar-refractivity contribution in [1.29, 1.82) is 0 Å². The van der Waals surface area contributed by atoms with Crippen LogP contribution in [-0.4, -0.2) is 41.8 Å². The van der Waals surface area contributed by atoms with Crippen LogP contribution in [0.25, 0.3) is 0 Å². The Balaban J connectivity index is 1.62. The molecular weight excluding hydrogens is 252 g/mol. The highest BCUT2D eigenvalue weighted by atomic mass is 16.2. The molecule has 0 aromatic heterocycles. The van der Waals surface area contributed by atoms with E-state index in [1.165, 1.54) is 16.0 Å². The van der Waals surface area contributed by atoms with Gasteiger partial charge in [-0.2, -0.15) is 0 Å². The monoisotopic (exact) mass is 272 g/mol. The average Bonchev–Trinajstić information content (AvgIpc) is 3.01. The third-order valence-corrected chi connectivity index (χ3v) is 4.46. The molecule has 3 rings (SSSR count). The first-order valence-corrected chi connectivity index (χ1v) is 7.28. The van der Waals surface area contributed by atoms with Gasteiger partial charge in [0.15, 0.2) is 0 Å². The fraction of sp³-hybridized carbons (Fsp3) is 0.500. The second kappa shape index (κ2) is 5.37. The van der Waals surface area contributed by atoms with Crippen LogP contribution >= 0.6 is 0 Å². The molecule has 1 aliphatic carbocycles. The predicted octanol–water partition coefficient (Wildman–Crippen LogP) is 1.75. The molecule has 1 aliphatic heterocycles. The summed E-state index contributed by atoms with van der Waals surface area (Å²) in [5, 5.41) is 0. The Morgan fingerprint density at radius 1 is 1.15 bits per heavy atom. The van der Waals surface area contributed by atoms with Crippen molar-refractivity contribution in [2.45, 2.75) is 31.7 Å². The lowest BCUT2D eigenvalue weighted by Gasteiger charge is -2.27. The molecule has 0 bridgehead atoms. The van der Waals surface area contributed by atoms with E-state index in [4.69, 9.17) is 0 Å². The van der Waals surface area contributed by atoms with E-state index >= 15 is 0 Å². The number of benzene rings is 1. The second-order valence-electron chi connectivity index (χ2n) is 5.67. The van der Waals surface area contributed by atoms with Crippen molar-refractivity contribution in [3.63, 3.8) is 0 Å². The van der Waals surface area contributed by atoms with E-state index in [1.54, 1.807) is 0 Å². The maximum atomic E-state index is 11.6. The summed E-state index contributed by atoms with van der Waals surface area (Å²) in [7, 11) is 2.08. The molecule has 0 unspecified atom stereocenters. The number of hydrogen-bond donors (Lipinski definition) is 0. The molecule has 4 heteroatoms. The van der Waals surface area contributed by atoms with Crippen molar-refractivity contribution in [2.24, 2.45) is 0 Å². The summed E-state index contributed by atoms with van der Waals surface area (Å²) in [6.07, 6.45) is 3.01. The standard InChI is InChI=1S/C16H20N2O2/c1-17(10-11-18-15(19)8-9-16(18)20)14-7-6-12-4-2-3-5-13(12)14/h2-5,14H,6-11H2,1H3/t14-/m1/s1. The molecule has 1 aromatic rings.